The molecule has 1 amide bonds. The molecule has 0 saturated carbocycles. The van der Waals surface area contributed by atoms with Gasteiger partial charge in [0, 0.05) is 53.0 Å². The Bertz CT molecular complexity index is 1030. The molecule has 3 heterocycles. The predicted molar refractivity (Wildman–Crippen MR) is 98.0 cm³/mol. The summed E-state index contributed by atoms with van der Waals surface area (Å²) >= 11 is 0. The number of fused-ring (bicyclic) bond motifs is 1. The lowest BCUT2D eigenvalue weighted by atomic mass is 9.94. The molecule has 3 aromatic rings. The first kappa shape index (κ1) is 16.2. The molecule has 0 atom stereocenters. The molecule has 26 heavy (non-hydrogen) atoms. The first-order valence-electron chi connectivity index (χ1n) is 8.32. The van der Waals surface area contributed by atoms with Crippen LogP contribution in [0.1, 0.15) is 21.5 Å². The average molecular weight is 348 g/mol. The molecule has 1 aliphatic rings. The molecule has 4 rings (SSSR count). The van der Waals surface area contributed by atoms with Gasteiger partial charge in [0.15, 0.2) is 0 Å². The number of halogens is 1. The first-order valence-corrected chi connectivity index (χ1v) is 8.32. The minimum Gasteiger partial charge on any atom is -0.383 e. The number of hydrogen-bond acceptors (Lipinski definition) is 4. The molecule has 1 aliphatic heterocycles. The zero-order chi connectivity index (χ0) is 18.3. The van der Waals surface area contributed by atoms with Crippen molar-refractivity contribution in [3.05, 3.63) is 65.4 Å². The maximum atomic E-state index is 14.4. The van der Waals surface area contributed by atoms with Crippen LogP contribution in [0.15, 0.2) is 42.9 Å². The number of nitrogens with zero attached hydrogens (tertiary/aromatic N) is 2. The lowest BCUT2D eigenvalue weighted by Crippen LogP contribution is -2.31. The van der Waals surface area contributed by atoms with Gasteiger partial charge >= 0.3 is 0 Å². The van der Waals surface area contributed by atoms with E-state index in [1.54, 1.807) is 19.2 Å². The number of rotatable bonds is 2. The Balaban J connectivity index is 1.83. The fraction of sp³-hybridized carbons (Fsp3) is 0.150. The van der Waals surface area contributed by atoms with Crippen molar-refractivity contribution >= 4 is 11.7 Å². The van der Waals surface area contributed by atoms with Crippen molar-refractivity contribution < 1.29 is 9.18 Å². The fourth-order valence-electron chi connectivity index (χ4n) is 3.20. The zero-order valence-electron chi connectivity index (χ0n) is 14.2. The SMILES string of the molecule is Cc1cncc(-c2cnc(N)c(-c3ccc4c(c3)CCNC4=O)c2)c1F. The molecule has 0 saturated heterocycles. The van der Waals surface area contributed by atoms with Gasteiger partial charge in [0.05, 0.1) is 0 Å². The highest BCUT2D eigenvalue weighted by molar-refractivity contribution is 5.97. The number of nitrogens with one attached hydrogen (secondary N) is 1. The van der Waals surface area contributed by atoms with Gasteiger partial charge in [0.2, 0.25) is 0 Å². The second-order valence-corrected chi connectivity index (χ2v) is 6.35. The highest BCUT2D eigenvalue weighted by Gasteiger charge is 2.18. The number of anilines is 1. The number of hydrogen-bond donors (Lipinski definition) is 2. The van der Waals surface area contributed by atoms with E-state index in [4.69, 9.17) is 5.73 Å². The van der Waals surface area contributed by atoms with Crippen LogP contribution in [-0.2, 0) is 6.42 Å². The number of aryl methyl sites for hydroxylation is 1. The lowest BCUT2D eigenvalue weighted by molar-refractivity contribution is 0.0946. The van der Waals surface area contributed by atoms with Crippen LogP contribution in [0.4, 0.5) is 10.2 Å². The smallest absolute Gasteiger partial charge is 0.251 e. The summed E-state index contributed by atoms with van der Waals surface area (Å²) in [5.41, 5.74) is 10.7. The lowest BCUT2D eigenvalue weighted by Gasteiger charge is -2.18. The molecule has 0 bridgehead atoms. The van der Waals surface area contributed by atoms with Gasteiger partial charge in [0.25, 0.3) is 5.91 Å². The molecule has 0 spiro atoms. The number of aromatic nitrogens is 2. The highest BCUT2D eigenvalue weighted by atomic mass is 19.1. The summed E-state index contributed by atoms with van der Waals surface area (Å²) in [6.45, 7) is 2.29. The highest BCUT2D eigenvalue weighted by Crippen LogP contribution is 2.32. The molecular weight excluding hydrogens is 331 g/mol. The Kier molecular flexibility index (Phi) is 3.88. The molecule has 0 radical (unpaired) electrons. The monoisotopic (exact) mass is 348 g/mol. The van der Waals surface area contributed by atoms with Crippen LogP contribution in [0.5, 0.6) is 0 Å². The van der Waals surface area contributed by atoms with Crippen LogP contribution in [0.3, 0.4) is 0 Å². The summed E-state index contributed by atoms with van der Waals surface area (Å²) < 4.78 is 14.4. The van der Waals surface area contributed by atoms with Crippen LogP contribution >= 0.6 is 0 Å². The molecule has 0 fully saturated rings. The van der Waals surface area contributed by atoms with Crippen LogP contribution in [0.25, 0.3) is 22.3 Å². The van der Waals surface area contributed by atoms with Gasteiger partial charge in [-0.15, -0.1) is 0 Å². The zero-order valence-corrected chi connectivity index (χ0v) is 14.2. The normalized spacial score (nSPS) is 13.2. The maximum Gasteiger partial charge on any atom is 0.251 e. The number of nitrogens with two attached hydrogens (primary N) is 1. The van der Waals surface area contributed by atoms with E-state index in [1.807, 2.05) is 18.2 Å². The topological polar surface area (TPSA) is 80.9 Å². The Hall–Kier alpha value is -3.28. The van der Waals surface area contributed by atoms with Crippen molar-refractivity contribution in [1.29, 1.82) is 0 Å². The summed E-state index contributed by atoms with van der Waals surface area (Å²) in [5, 5.41) is 2.83. The van der Waals surface area contributed by atoms with Gasteiger partial charge in [-0.05, 0) is 36.6 Å². The third kappa shape index (κ3) is 2.69. The Morgan fingerprint density at radius 3 is 2.77 bits per heavy atom. The second-order valence-electron chi connectivity index (χ2n) is 6.35. The summed E-state index contributed by atoms with van der Waals surface area (Å²) in [5.74, 6) is -0.0276. The number of carbonyl (C=O) groups excluding carboxylic acids is 1. The largest absolute Gasteiger partial charge is 0.383 e. The number of nitrogen functional groups attached to an aromatic ring is 1. The molecule has 130 valence electrons. The molecule has 5 nitrogen and oxygen atoms in total. The van der Waals surface area contributed by atoms with Crippen molar-refractivity contribution in [2.24, 2.45) is 0 Å². The van der Waals surface area contributed by atoms with E-state index in [0.29, 0.717) is 40.2 Å². The van der Waals surface area contributed by atoms with Crippen molar-refractivity contribution in [2.45, 2.75) is 13.3 Å². The second kappa shape index (κ2) is 6.22. The Morgan fingerprint density at radius 2 is 1.92 bits per heavy atom. The minimum absolute atomic E-state index is 0.0643. The third-order valence-electron chi connectivity index (χ3n) is 4.62. The van der Waals surface area contributed by atoms with E-state index < -0.39 is 0 Å². The summed E-state index contributed by atoms with van der Waals surface area (Å²) in [6, 6.07) is 7.40. The van der Waals surface area contributed by atoms with Crippen molar-refractivity contribution in [3.8, 4) is 22.3 Å². The van der Waals surface area contributed by atoms with Crippen LogP contribution in [-0.4, -0.2) is 22.4 Å². The van der Waals surface area contributed by atoms with Gasteiger partial charge in [0.1, 0.15) is 11.6 Å². The molecular formula is C20H17FN4O. The predicted octanol–water partition coefficient (Wildman–Crippen LogP) is 3.13. The summed E-state index contributed by atoms with van der Waals surface area (Å²) in [7, 11) is 0. The minimum atomic E-state index is -0.320. The maximum absolute atomic E-state index is 14.4. The quantitative estimate of drug-likeness (QED) is 0.745. The van der Waals surface area contributed by atoms with E-state index in [0.717, 1.165) is 17.5 Å². The average Bonchev–Trinajstić information content (AvgIpc) is 2.64. The summed E-state index contributed by atoms with van der Waals surface area (Å²) in [6.07, 6.45) is 5.28. The number of amides is 1. The van der Waals surface area contributed by atoms with E-state index in [-0.39, 0.29) is 11.7 Å². The number of carbonyl (C=O) groups is 1. The first-order chi connectivity index (χ1) is 12.5. The molecule has 0 aliphatic carbocycles. The Morgan fingerprint density at radius 1 is 1.08 bits per heavy atom. The standard InChI is InChI=1S/C20H17FN4O/c1-11-8-23-10-17(18(11)21)14-7-16(19(22)25-9-14)12-2-3-15-13(6-12)4-5-24-20(15)26/h2-3,6-10H,4-5H2,1H3,(H2,22,25)(H,24,26). The van der Waals surface area contributed by atoms with Crippen molar-refractivity contribution in [2.75, 3.05) is 12.3 Å². The molecule has 2 aromatic heterocycles. The van der Waals surface area contributed by atoms with Gasteiger partial charge in [-0.2, -0.15) is 0 Å². The van der Waals surface area contributed by atoms with E-state index in [2.05, 4.69) is 15.3 Å². The Labute approximate surface area is 150 Å². The molecule has 0 unspecified atom stereocenters. The van der Waals surface area contributed by atoms with E-state index in [9.17, 15) is 9.18 Å². The van der Waals surface area contributed by atoms with Gasteiger partial charge < -0.3 is 11.1 Å². The number of pyridine rings is 2. The summed E-state index contributed by atoms with van der Waals surface area (Å²) in [4.78, 5) is 20.2. The van der Waals surface area contributed by atoms with E-state index in [1.165, 1.54) is 12.4 Å². The van der Waals surface area contributed by atoms with Gasteiger partial charge in [-0.3, -0.25) is 9.78 Å². The van der Waals surface area contributed by atoms with E-state index >= 15 is 0 Å². The van der Waals surface area contributed by atoms with Crippen molar-refractivity contribution in [3.63, 3.8) is 0 Å². The van der Waals surface area contributed by atoms with Crippen LogP contribution in [0.2, 0.25) is 0 Å². The fourth-order valence-corrected chi connectivity index (χ4v) is 3.20. The molecule has 6 heteroatoms. The van der Waals surface area contributed by atoms with Crippen LogP contribution in [0, 0.1) is 12.7 Å². The number of benzene rings is 1. The van der Waals surface area contributed by atoms with Crippen molar-refractivity contribution in [1.82, 2.24) is 15.3 Å². The molecule has 1 aromatic carbocycles. The van der Waals surface area contributed by atoms with Gasteiger partial charge in [-0.1, -0.05) is 12.1 Å². The molecule has 3 N–H and O–H groups in total. The van der Waals surface area contributed by atoms with Gasteiger partial charge in [-0.25, -0.2) is 9.37 Å². The third-order valence-corrected chi connectivity index (χ3v) is 4.62. The van der Waals surface area contributed by atoms with Crippen LogP contribution < -0.4 is 11.1 Å².